The summed E-state index contributed by atoms with van der Waals surface area (Å²) in [7, 11) is 5.56. The fourth-order valence-electron chi connectivity index (χ4n) is 2.32. The van der Waals surface area contributed by atoms with Gasteiger partial charge in [-0.15, -0.1) is 0 Å². The summed E-state index contributed by atoms with van der Waals surface area (Å²) in [5.41, 5.74) is 8.93. The summed E-state index contributed by atoms with van der Waals surface area (Å²) in [6.07, 6.45) is -0.577. The van der Waals surface area contributed by atoms with E-state index in [2.05, 4.69) is 0 Å². The first-order valence-electron chi connectivity index (χ1n) is 6.12. The number of aliphatic hydroxyl groups excluding tert-OH is 1. The molecule has 0 saturated heterocycles. The zero-order chi connectivity index (χ0) is 13.9. The van der Waals surface area contributed by atoms with E-state index >= 15 is 0 Å². The standard InChI is InChI=1S/C14H24N2O2/c1-9-10(2)13(18-5)7-6-11(9)14(16(3)4)12(17)8-15/h6-7,12,14,17H,8,15H2,1-5H3. The Kier molecular flexibility index (Phi) is 5.14. The SMILES string of the molecule is COc1ccc(C(C(O)CN)N(C)C)c(C)c1C. The number of ether oxygens (including phenoxy) is 1. The Morgan fingerprint density at radius 3 is 2.33 bits per heavy atom. The van der Waals surface area contributed by atoms with Crippen LogP contribution in [0, 0.1) is 13.8 Å². The van der Waals surface area contributed by atoms with Crippen LogP contribution in [0.5, 0.6) is 5.75 Å². The van der Waals surface area contributed by atoms with Crippen molar-refractivity contribution in [2.24, 2.45) is 5.73 Å². The van der Waals surface area contributed by atoms with Gasteiger partial charge in [-0.3, -0.25) is 0 Å². The van der Waals surface area contributed by atoms with Crippen molar-refractivity contribution in [3.8, 4) is 5.75 Å². The van der Waals surface area contributed by atoms with Crippen molar-refractivity contribution in [1.82, 2.24) is 4.90 Å². The molecule has 0 heterocycles. The number of benzene rings is 1. The van der Waals surface area contributed by atoms with Gasteiger partial charge >= 0.3 is 0 Å². The van der Waals surface area contributed by atoms with Crippen molar-refractivity contribution < 1.29 is 9.84 Å². The average Bonchev–Trinajstić information content (AvgIpc) is 2.34. The number of hydrogen-bond donors (Lipinski definition) is 2. The minimum atomic E-state index is -0.577. The van der Waals surface area contributed by atoms with E-state index in [9.17, 15) is 5.11 Å². The molecule has 0 aliphatic rings. The van der Waals surface area contributed by atoms with Crippen LogP contribution in [0.25, 0.3) is 0 Å². The Labute approximate surface area is 109 Å². The highest BCUT2D eigenvalue weighted by molar-refractivity contribution is 5.45. The van der Waals surface area contributed by atoms with Gasteiger partial charge in [0.2, 0.25) is 0 Å². The summed E-state index contributed by atoms with van der Waals surface area (Å²) in [6.45, 7) is 4.32. The summed E-state index contributed by atoms with van der Waals surface area (Å²) in [5, 5.41) is 10.1. The number of likely N-dealkylation sites (N-methyl/N-ethyl adjacent to an activating group) is 1. The molecule has 0 amide bonds. The maximum atomic E-state index is 10.1. The predicted octanol–water partition coefficient (Wildman–Crippen LogP) is 1.23. The van der Waals surface area contributed by atoms with Crippen molar-refractivity contribution in [3.05, 3.63) is 28.8 Å². The summed E-state index contributed by atoms with van der Waals surface area (Å²) in [5.74, 6) is 0.871. The smallest absolute Gasteiger partial charge is 0.122 e. The molecule has 1 aromatic carbocycles. The van der Waals surface area contributed by atoms with Gasteiger partial charge in [0.15, 0.2) is 0 Å². The molecule has 0 radical (unpaired) electrons. The molecule has 4 nitrogen and oxygen atoms in total. The van der Waals surface area contributed by atoms with Crippen LogP contribution in [-0.2, 0) is 0 Å². The topological polar surface area (TPSA) is 58.7 Å². The molecule has 4 heteroatoms. The van der Waals surface area contributed by atoms with Gasteiger partial charge in [-0.1, -0.05) is 6.07 Å². The molecular weight excluding hydrogens is 228 g/mol. The van der Waals surface area contributed by atoms with Crippen LogP contribution >= 0.6 is 0 Å². The molecule has 0 aliphatic carbocycles. The highest BCUT2D eigenvalue weighted by Crippen LogP contribution is 2.31. The van der Waals surface area contributed by atoms with Crippen LogP contribution in [0.15, 0.2) is 12.1 Å². The molecule has 0 fully saturated rings. The van der Waals surface area contributed by atoms with Crippen LogP contribution in [0.2, 0.25) is 0 Å². The molecule has 0 saturated carbocycles. The van der Waals surface area contributed by atoms with Crippen molar-refractivity contribution in [3.63, 3.8) is 0 Å². The van der Waals surface area contributed by atoms with Gasteiger partial charge < -0.3 is 20.5 Å². The summed E-state index contributed by atoms with van der Waals surface area (Å²) < 4.78 is 5.31. The van der Waals surface area contributed by atoms with Crippen LogP contribution in [0.3, 0.4) is 0 Å². The molecule has 0 bridgehead atoms. The fraction of sp³-hybridized carbons (Fsp3) is 0.571. The summed E-state index contributed by atoms with van der Waals surface area (Å²) >= 11 is 0. The number of hydrogen-bond acceptors (Lipinski definition) is 4. The molecule has 1 rings (SSSR count). The molecule has 0 spiro atoms. The number of nitrogens with zero attached hydrogens (tertiary/aromatic N) is 1. The van der Waals surface area contributed by atoms with Crippen LogP contribution in [-0.4, -0.2) is 43.9 Å². The third-order valence-corrected chi connectivity index (χ3v) is 3.48. The molecule has 0 aliphatic heterocycles. The molecule has 1 aromatic rings. The quantitative estimate of drug-likeness (QED) is 0.827. The fourth-order valence-corrected chi connectivity index (χ4v) is 2.32. The van der Waals surface area contributed by atoms with E-state index < -0.39 is 6.10 Å². The number of nitrogens with two attached hydrogens (primary N) is 1. The molecule has 0 aromatic heterocycles. The molecule has 18 heavy (non-hydrogen) atoms. The molecule has 102 valence electrons. The number of aliphatic hydroxyl groups is 1. The van der Waals surface area contributed by atoms with Gasteiger partial charge in [0, 0.05) is 6.54 Å². The monoisotopic (exact) mass is 252 g/mol. The molecule has 2 atom stereocenters. The zero-order valence-corrected chi connectivity index (χ0v) is 11.9. The van der Waals surface area contributed by atoms with E-state index in [1.807, 2.05) is 45.0 Å². The molecule has 2 unspecified atom stereocenters. The first-order valence-corrected chi connectivity index (χ1v) is 6.12. The minimum Gasteiger partial charge on any atom is -0.496 e. The Balaban J connectivity index is 3.26. The van der Waals surface area contributed by atoms with E-state index in [4.69, 9.17) is 10.5 Å². The Morgan fingerprint density at radius 2 is 1.89 bits per heavy atom. The second kappa shape index (κ2) is 6.18. The first-order chi connectivity index (χ1) is 8.43. The second-order valence-corrected chi connectivity index (χ2v) is 4.82. The average molecular weight is 252 g/mol. The van der Waals surface area contributed by atoms with E-state index in [1.54, 1.807) is 7.11 Å². The largest absolute Gasteiger partial charge is 0.496 e. The van der Waals surface area contributed by atoms with Crippen LogP contribution in [0.1, 0.15) is 22.7 Å². The van der Waals surface area contributed by atoms with Gasteiger partial charge in [-0.05, 0) is 50.7 Å². The summed E-state index contributed by atoms with van der Waals surface area (Å²) in [6, 6.07) is 3.85. The minimum absolute atomic E-state index is 0.0976. The zero-order valence-electron chi connectivity index (χ0n) is 11.9. The predicted molar refractivity (Wildman–Crippen MR) is 74.0 cm³/mol. The van der Waals surface area contributed by atoms with Crippen molar-refractivity contribution >= 4 is 0 Å². The number of methoxy groups -OCH3 is 1. The van der Waals surface area contributed by atoms with Crippen LogP contribution in [0.4, 0.5) is 0 Å². The van der Waals surface area contributed by atoms with E-state index in [1.165, 1.54) is 0 Å². The lowest BCUT2D eigenvalue weighted by Gasteiger charge is -2.30. The normalized spacial score (nSPS) is 14.7. The molecular formula is C14H24N2O2. The maximum Gasteiger partial charge on any atom is 0.122 e. The van der Waals surface area contributed by atoms with Crippen LogP contribution < -0.4 is 10.5 Å². The first kappa shape index (κ1) is 15.0. The van der Waals surface area contributed by atoms with Gasteiger partial charge in [-0.2, -0.15) is 0 Å². The van der Waals surface area contributed by atoms with Gasteiger partial charge in [0.1, 0.15) is 5.75 Å². The highest BCUT2D eigenvalue weighted by Gasteiger charge is 2.24. The van der Waals surface area contributed by atoms with Gasteiger partial charge in [-0.25, -0.2) is 0 Å². The Bertz CT molecular complexity index is 405. The summed E-state index contributed by atoms with van der Waals surface area (Å²) in [4.78, 5) is 1.99. The van der Waals surface area contributed by atoms with E-state index in [0.29, 0.717) is 0 Å². The number of rotatable bonds is 5. The second-order valence-electron chi connectivity index (χ2n) is 4.82. The third-order valence-electron chi connectivity index (χ3n) is 3.48. The lowest BCUT2D eigenvalue weighted by Crippen LogP contribution is -2.36. The van der Waals surface area contributed by atoms with Gasteiger partial charge in [0.25, 0.3) is 0 Å². The lowest BCUT2D eigenvalue weighted by atomic mass is 9.93. The Hall–Kier alpha value is -1.10. The van der Waals surface area contributed by atoms with Crippen molar-refractivity contribution in [1.29, 1.82) is 0 Å². The highest BCUT2D eigenvalue weighted by atomic mass is 16.5. The van der Waals surface area contributed by atoms with Gasteiger partial charge in [0.05, 0.1) is 19.3 Å². The third kappa shape index (κ3) is 2.83. The lowest BCUT2D eigenvalue weighted by molar-refractivity contribution is 0.0819. The Morgan fingerprint density at radius 1 is 1.28 bits per heavy atom. The maximum absolute atomic E-state index is 10.1. The van der Waals surface area contributed by atoms with E-state index in [0.717, 1.165) is 22.4 Å². The van der Waals surface area contributed by atoms with Crippen molar-refractivity contribution in [2.45, 2.75) is 26.0 Å². The van der Waals surface area contributed by atoms with Crippen molar-refractivity contribution in [2.75, 3.05) is 27.7 Å². The van der Waals surface area contributed by atoms with E-state index in [-0.39, 0.29) is 12.6 Å². The molecule has 3 N–H and O–H groups in total.